The first kappa shape index (κ1) is 19.9. The van der Waals surface area contributed by atoms with Gasteiger partial charge < -0.3 is 15.4 Å². The van der Waals surface area contributed by atoms with Crippen molar-refractivity contribution in [1.82, 2.24) is 5.32 Å². The Bertz CT molecular complexity index is 811. The van der Waals surface area contributed by atoms with Crippen LogP contribution in [0.4, 0.5) is 5.69 Å². The van der Waals surface area contributed by atoms with Gasteiger partial charge in [-0.2, -0.15) is 0 Å². The Kier molecular flexibility index (Phi) is 6.69. The first-order chi connectivity index (χ1) is 13.5. The number of aryl methyl sites for hydroxylation is 1. The molecule has 28 heavy (non-hydrogen) atoms. The number of nitrogens with one attached hydrogen (secondary N) is 2. The molecule has 0 bridgehead atoms. The fourth-order valence-electron chi connectivity index (χ4n) is 3.41. The fraction of sp³-hybridized carbons (Fsp3) is 0.391. The molecule has 2 aromatic carbocycles. The molecule has 0 radical (unpaired) electrons. The Morgan fingerprint density at radius 3 is 2.36 bits per heavy atom. The van der Waals surface area contributed by atoms with E-state index in [2.05, 4.69) is 10.6 Å². The lowest BCUT2D eigenvalue weighted by atomic mass is 9.95. The van der Waals surface area contributed by atoms with Gasteiger partial charge >= 0.3 is 0 Å². The van der Waals surface area contributed by atoms with Crippen LogP contribution in [0, 0.1) is 6.92 Å². The number of hydrogen-bond donors (Lipinski definition) is 2. The predicted molar refractivity (Wildman–Crippen MR) is 111 cm³/mol. The first-order valence-electron chi connectivity index (χ1n) is 9.97. The van der Waals surface area contributed by atoms with E-state index in [1.807, 2.05) is 31.2 Å². The van der Waals surface area contributed by atoms with Crippen LogP contribution in [0.5, 0.6) is 5.75 Å². The van der Waals surface area contributed by atoms with Crippen molar-refractivity contribution in [3.05, 3.63) is 59.7 Å². The summed E-state index contributed by atoms with van der Waals surface area (Å²) in [5, 5.41) is 5.98. The third-order valence-corrected chi connectivity index (χ3v) is 5.14. The molecule has 3 rings (SSSR count). The first-order valence-corrected chi connectivity index (χ1v) is 9.97. The van der Waals surface area contributed by atoms with Gasteiger partial charge in [0.25, 0.3) is 11.8 Å². The van der Waals surface area contributed by atoms with Crippen LogP contribution < -0.4 is 15.4 Å². The van der Waals surface area contributed by atoms with Gasteiger partial charge in [-0.25, -0.2) is 0 Å². The molecule has 1 aliphatic carbocycles. The zero-order valence-corrected chi connectivity index (χ0v) is 16.5. The lowest BCUT2D eigenvalue weighted by Crippen LogP contribution is -2.36. The average Bonchev–Trinajstić information content (AvgIpc) is 2.71. The standard InChI is InChI=1S/C23H28N2O3/c1-16-8-6-7-11-21(16)25-22(26)17(2)28-20-14-12-18(13-15-20)23(27)24-19-9-4-3-5-10-19/h6-8,11-15,17,19H,3-5,9-10H2,1-2H3,(H,24,27)(H,25,26)/t17-/m1/s1. The number of anilines is 1. The molecule has 0 spiro atoms. The number of hydrogen-bond acceptors (Lipinski definition) is 3. The Labute approximate surface area is 166 Å². The minimum Gasteiger partial charge on any atom is -0.481 e. The highest BCUT2D eigenvalue weighted by Crippen LogP contribution is 2.19. The quantitative estimate of drug-likeness (QED) is 0.777. The van der Waals surface area contributed by atoms with Gasteiger partial charge in [-0.3, -0.25) is 9.59 Å². The van der Waals surface area contributed by atoms with Crippen molar-refractivity contribution >= 4 is 17.5 Å². The van der Waals surface area contributed by atoms with Gasteiger partial charge in [-0.05, 0) is 62.6 Å². The average molecular weight is 380 g/mol. The molecular weight excluding hydrogens is 352 g/mol. The Hall–Kier alpha value is -2.82. The fourth-order valence-corrected chi connectivity index (χ4v) is 3.41. The number of carbonyl (C=O) groups is 2. The van der Waals surface area contributed by atoms with E-state index in [0.717, 1.165) is 24.1 Å². The molecule has 1 aliphatic rings. The minimum absolute atomic E-state index is 0.0520. The minimum atomic E-state index is -0.651. The SMILES string of the molecule is Cc1ccccc1NC(=O)[C@@H](C)Oc1ccc(C(=O)NC2CCCCC2)cc1. The van der Waals surface area contributed by atoms with E-state index >= 15 is 0 Å². The number of ether oxygens (including phenoxy) is 1. The van der Waals surface area contributed by atoms with E-state index in [4.69, 9.17) is 4.74 Å². The Morgan fingerprint density at radius 1 is 1.00 bits per heavy atom. The summed E-state index contributed by atoms with van der Waals surface area (Å²) in [6, 6.07) is 14.8. The normalized spacial score (nSPS) is 15.5. The maximum atomic E-state index is 12.4. The largest absolute Gasteiger partial charge is 0.481 e. The van der Waals surface area contributed by atoms with E-state index in [0.29, 0.717) is 11.3 Å². The molecule has 2 N–H and O–H groups in total. The van der Waals surface area contributed by atoms with E-state index in [1.165, 1.54) is 19.3 Å². The maximum Gasteiger partial charge on any atom is 0.265 e. The highest BCUT2D eigenvalue weighted by molar-refractivity contribution is 5.95. The molecule has 5 nitrogen and oxygen atoms in total. The molecular formula is C23H28N2O3. The van der Waals surface area contributed by atoms with Crippen LogP contribution in [-0.2, 0) is 4.79 Å². The number of amides is 2. The smallest absolute Gasteiger partial charge is 0.265 e. The monoisotopic (exact) mass is 380 g/mol. The van der Waals surface area contributed by atoms with Crippen LogP contribution in [0.2, 0.25) is 0 Å². The maximum absolute atomic E-state index is 12.4. The molecule has 1 saturated carbocycles. The summed E-state index contributed by atoms with van der Waals surface area (Å²) < 4.78 is 5.73. The lowest BCUT2D eigenvalue weighted by Gasteiger charge is -2.22. The molecule has 1 fully saturated rings. The predicted octanol–water partition coefficient (Wildman–Crippen LogP) is 4.46. The van der Waals surface area contributed by atoms with Gasteiger partial charge in [0.15, 0.2) is 6.10 Å². The second kappa shape index (κ2) is 9.40. The topological polar surface area (TPSA) is 67.4 Å². The number of para-hydroxylation sites is 1. The van der Waals surface area contributed by atoms with Gasteiger partial charge in [0.05, 0.1) is 0 Å². The molecule has 0 unspecified atom stereocenters. The lowest BCUT2D eigenvalue weighted by molar-refractivity contribution is -0.122. The number of rotatable bonds is 6. The van der Waals surface area contributed by atoms with Crippen LogP contribution in [0.3, 0.4) is 0 Å². The number of benzene rings is 2. The van der Waals surface area contributed by atoms with Crippen LogP contribution in [0.25, 0.3) is 0 Å². The summed E-state index contributed by atoms with van der Waals surface area (Å²) in [4.78, 5) is 24.7. The van der Waals surface area contributed by atoms with E-state index < -0.39 is 6.10 Å². The van der Waals surface area contributed by atoms with Crippen molar-refractivity contribution in [2.75, 3.05) is 5.32 Å². The third kappa shape index (κ3) is 5.35. The molecule has 2 aromatic rings. The summed E-state index contributed by atoms with van der Waals surface area (Å²) in [5.74, 6) is 0.291. The Morgan fingerprint density at radius 2 is 1.68 bits per heavy atom. The molecule has 0 saturated heterocycles. The highest BCUT2D eigenvalue weighted by atomic mass is 16.5. The molecule has 0 heterocycles. The highest BCUT2D eigenvalue weighted by Gasteiger charge is 2.18. The van der Waals surface area contributed by atoms with Crippen molar-refractivity contribution in [2.45, 2.75) is 58.1 Å². The molecule has 0 aromatic heterocycles. The summed E-state index contributed by atoms with van der Waals surface area (Å²) in [5.41, 5.74) is 2.38. The second-order valence-corrected chi connectivity index (χ2v) is 7.40. The van der Waals surface area contributed by atoms with Gasteiger partial charge in [0.2, 0.25) is 0 Å². The zero-order valence-electron chi connectivity index (χ0n) is 16.5. The second-order valence-electron chi connectivity index (χ2n) is 7.40. The van der Waals surface area contributed by atoms with Crippen LogP contribution in [-0.4, -0.2) is 24.0 Å². The van der Waals surface area contributed by atoms with Gasteiger partial charge in [-0.1, -0.05) is 37.5 Å². The number of carbonyl (C=O) groups excluding carboxylic acids is 2. The van der Waals surface area contributed by atoms with E-state index in [-0.39, 0.29) is 17.9 Å². The Balaban J connectivity index is 1.53. The van der Waals surface area contributed by atoms with E-state index in [9.17, 15) is 9.59 Å². The van der Waals surface area contributed by atoms with Crippen molar-refractivity contribution in [3.8, 4) is 5.75 Å². The molecule has 2 amide bonds. The molecule has 1 atom stereocenters. The summed E-state index contributed by atoms with van der Waals surface area (Å²) in [6.07, 6.45) is 5.08. The van der Waals surface area contributed by atoms with Crippen molar-refractivity contribution in [2.24, 2.45) is 0 Å². The van der Waals surface area contributed by atoms with E-state index in [1.54, 1.807) is 31.2 Å². The van der Waals surface area contributed by atoms with Crippen LogP contribution in [0.1, 0.15) is 54.9 Å². The van der Waals surface area contributed by atoms with Gasteiger partial charge in [0, 0.05) is 17.3 Å². The van der Waals surface area contributed by atoms with Gasteiger partial charge in [0.1, 0.15) is 5.75 Å². The third-order valence-electron chi connectivity index (χ3n) is 5.14. The van der Waals surface area contributed by atoms with Crippen molar-refractivity contribution < 1.29 is 14.3 Å². The molecule has 0 aliphatic heterocycles. The molecule has 5 heteroatoms. The van der Waals surface area contributed by atoms with Crippen LogP contribution in [0.15, 0.2) is 48.5 Å². The van der Waals surface area contributed by atoms with Crippen LogP contribution >= 0.6 is 0 Å². The van der Waals surface area contributed by atoms with Crippen molar-refractivity contribution in [1.29, 1.82) is 0 Å². The summed E-state index contributed by atoms with van der Waals surface area (Å²) in [7, 11) is 0. The summed E-state index contributed by atoms with van der Waals surface area (Å²) in [6.45, 7) is 3.65. The zero-order chi connectivity index (χ0) is 19.9. The summed E-state index contributed by atoms with van der Waals surface area (Å²) >= 11 is 0. The van der Waals surface area contributed by atoms with Gasteiger partial charge in [-0.15, -0.1) is 0 Å². The van der Waals surface area contributed by atoms with Crippen molar-refractivity contribution in [3.63, 3.8) is 0 Å². The molecule has 148 valence electrons.